The van der Waals surface area contributed by atoms with E-state index in [0.29, 0.717) is 61.2 Å². The Labute approximate surface area is 269 Å². The molecule has 3 aliphatic heterocycles. The molecule has 0 unspecified atom stereocenters. The Balaban J connectivity index is 1.33. The van der Waals surface area contributed by atoms with Crippen LogP contribution in [0.25, 0.3) is 16.5 Å². The molecule has 45 heavy (non-hydrogen) atoms. The fraction of sp³-hybridized carbons (Fsp3) is 0.471. The maximum absolute atomic E-state index is 13.0. The summed E-state index contributed by atoms with van der Waals surface area (Å²) in [7, 11) is 2.11. The summed E-state index contributed by atoms with van der Waals surface area (Å²) >= 11 is 6.66. The van der Waals surface area contributed by atoms with Crippen LogP contribution in [0.3, 0.4) is 0 Å². The molecule has 0 saturated carbocycles. The molecule has 0 bridgehead atoms. The summed E-state index contributed by atoms with van der Waals surface area (Å²) in [4.78, 5) is 28.8. The molecule has 4 heterocycles. The van der Waals surface area contributed by atoms with Gasteiger partial charge in [0.15, 0.2) is 0 Å². The first-order valence-electron chi connectivity index (χ1n) is 15.5. The van der Waals surface area contributed by atoms with Crippen molar-refractivity contribution in [3.63, 3.8) is 0 Å². The van der Waals surface area contributed by atoms with E-state index in [2.05, 4.69) is 22.9 Å². The zero-order valence-electron chi connectivity index (χ0n) is 26.3. The van der Waals surface area contributed by atoms with Gasteiger partial charge in [-0.25, -0.2) is 4.79 Å². The number of hydrogen-bond donors (Lipinski definition) is 0. The first-order valence-corrected chi connectivity index (χ1v) is 15.9. The molecule has 11 heteroatoms. The van der Waals surface area contributed by atoms with Crippen molar-refractivity contribution < 1.29 is 19.0 Å². The molecule has 2 atom stereocenters. The fourth-order valence-corrected chi connectivity index (χ4v) is 6.56. The molecule has 3 aromatic rings. The molecule has 10 nitrogen and oxygen atoms in total. The highest BCUT2D eigenvalue weighted by atomic mass is 35.5. The number of halogens is 1. The summed E-state index contributed by atoms with van der Waals surface area (Å²) in [6.07, 6.45) is 4.51. The molecule has 0 aliphatic carbocycles. The van der Waals surface area contributed by atoms with Gasteiger partial charge in [-0.15, -0.1) is 0 Å². The quantitative estimate of drug-likeness (QED) is 0.321. The van der Waals surface area contributed by atoms with Gasteiger partial charge in [0.05, 0.1) is 24.1 Å². The van der Waals surface area contributed by atoms with Crippen molar-refractivity contribution in [3.05, 3.63) is 58.6 Å². The van der Waals surface area contributed by atoms with Gasteiger partial charge >= 0.3 is 12.1 Å². The van der Waals surface area contributed by atoms with E-state index in [0.717, 1.165) is 41.3 Å². The molecule has 1 amide bonds. The minimum Gasteiger partial charge on any atom is -0.462 e. The predicted molar refractivity (Wildman–Crippen MR) is 174 cm³/mol. The van der Waals surface area contributed by atoms with Crippen molar-refractivity contribution in [2.75, 3.05) is 44.7 Å². The number of carbonyl (C=O) groups is 1. The number of carbonyl (C=O) groups excluding carboxylic acids is 1. The number of rotatable bonds is 6. The maximum atomic E-state index is 13.0. The van der Waals surface area contributed by atoms with Crippen LogP contribution in [0, 0.1) is 11.3 Å². The summed E-state index contributed by atoms with van der Waals surface area (Å²) in [5, 5.41) is 12.2. The normalized spacial score (nSPS) is 20.3. The van der Waals surface area contributed by atoms with Crippen molar-refractivity contribution >= 4 is 40.0 Å². The monoisotopic (exact) mass is 630 g/mol. The lowest BCUT2D eigenvalue weighted by Crippen LogP contribution is -2.56. The molecule has 0 N–H and O–H groups in total. The average Bonchev–Trinajstić information content (AvgIpc) is 3.42. The minimum absolute atomic E-state index is 0.169. The smallest absolute Gasteiger partial charge is 0.410 e. The van der Waals surface area contributed by atoms with Crippen LogP contribution in [0.15, 0.2) is 42.5 Å². The number of benzene rings is 2. The van der Waals surface area contributed by atoms with Crippen molar-refractivity contribution in [1.29, 1.82) is 5.26 Å². The zero-order chi connectivity index (χ0) is 31.7. The number of amides is 1. The third kappa shape index (κ3) is 6.65. The van der Waals surface area contributed by atoms with Crippen molar-refractivity contribution in [2.45, 2.75) is 64.1 Å². The summed E-state index contributed by atoms with van der Waals surface area (Å²) in [5.74, 6) is 1.79. The largest absolute Gasteiger partial charge is 0.462 e. The van der Waals surface area contributed by atoms with Crippen LogP contribution >= 0.6 is 11.6 Å². The molecule has 0 spiro atoms. The predicted octanol–water partition coefficient (Wildman–Crippen LogP) is 6.07. The Kier molecular flexibility index (Phi) is 8.76. The molecule has 6 rings (SSSR count). The van der Waals surface area contributed by atoms with E-state index >= 15 is 0 Å². The molecule has 2 aromatic carbocycles. The second-order valence-electron chi connectivity index (χ2n) is 12.9. The summed E-state index contributed by atoms with van der Waals surface area (Å²) in [6, 6.07) is 14.3. The SMILES string of the molecule is CN1CCC[C@H]1COc1nc2c(c(N3CCN(C(=O)OC(C)(C)C)[C@@H](CC#N)C3)n1)CC=C(c1cccc3cccc(Cl)c13)O2. The molecule has 3 aliphatic rings. The van der Waals surface area contributed by atoms with Crippen LogP contribution in [0.5, 0.6) is 11.9 Å². The average molecular weight is 631 g/mol. The van der Waals surface area contributed by atoms with Gasteiger partial charge < -0.3 is 28.9 Å². The lowest BCUT2D eigenvalue weighted by atomic mass is 10.0. The van der Waals surface area contributed by atoms with Crippen LogP contribution < -0.4 is 14.4 Å². The topological polar surface area (TPSA) is 104 Å². The van der Waals surface area contributed by atoms with Gasteiger partial charge in [0.1, 0.15) is 23.8 Å². The molecular formula is C34H39ClN6O4. The van der Waals surface area contributed by atoms with Crippen molar-refractivity contribution in [2.24, 2.45) is 0 Å². The van der Waals surface area contributed by atoms with E-state index in [1.165, 1.54) is 0 Å². The number of likely N-dealkylation sites (N-methyl/N-ethyl adjacent to an activating group) is 1. The van der Waals surface area contributed by atoms with Gasteiger partial charge in [-0.2, -0.15) is 15.2 Å². The van der Waals surface area contributed by atoms with Crippen LogP contribution in [0.4, 0.5) is 10.6 Å². The third-order valence-corrected chi connectivity index (χ3v) is 8.87. The second-order valence-corrected chi connectivity index (χ2v) is 13.3. The summed E-state index contributed by atoms with van der Waals surface area (Å²) in [6.45, 7) is 8.34. The highest BCUT2D eigenvalue weighted by molar-refractivity contribution is 6.36. The van der Waals surface area contributed by atoms with Gasteiger partial charge in [-0.1, -0.05) is 41.9 Å². The molecular weight excluding hydrogens is 592 g/mol. The Morgan fingerprint density at radius 3 is 2.67 bits per heavy atom. The Hall–Kier alpha value is -4.07. The lowest BCUT2D eigenvalue weighted by molar-refractivity contribution is 0.0144. The van der Waals surface area contributed by atoms with E-state index in [1.807, 2.05) is 63.2 Å². The maximum Gasteiger partial charge on any atom is 0.410 e. The molecule has 236 valence electrons. The van der Waals surface area contributed by atoms with E-state index < -0.39 is 11.7 Å². The Morgan fingerprint density at radius 1 is 1.13 bits per heavy atom. The number of hydrogen-bond acceptors (Lipinski definition) is 9. The number of anilines is 1. The lowest BCUT2D eigenvalue weighted by Gasteiger charge is -2.42. The zero-order valence-corrected chi connectivity index (χ0v) is 27.0. The summed E-state index contributed by atoms with van der Waals surface area (Å²) in [5.41, 5.74) is 1.09. The van der Waals surface area contributed by atoms with Crippen LogP contribution in [-0.2, 0) is 11.2 Å². The van der Waals surface area contributed by atoms with Gasteiger partial charge in [-0.05, 0) is 64.7 Å². The number of ether oxygens (including phenoxy) is 3. The summed E-state index contributed by atoms with van der Waals surface area (Å²) < 4.78 is 18.4. The molecule has 2 fully saturated rings. The van der Waals surface area contributed by atoms with E-state index in [-0.39, 0.29) is 18.5 Å². The number of allylic oxidation sites excluding steroid dienone is 1. The molecule has 2 saturated heterocycles. The third-order valence-electron chi connectivity index (χ3n) is 8.56. The number of fused-ring (bicyclic) bond motifs is 2. The molecule has 0 radical (unpaired) electrons. The van der Waals surface area contributed by atoms with Crippen LogP contribution in [0.2, 0.25) is 5.02 Å². The van der Waals surface area contributed by atoms with Gasteiger partial charge in [0, 0.05) is 48.1 Å². The second kappa shape index (κ2) is 12.7. The fourth-order valence-electron chi connectivity index (χ4n) is 6.28. The van der Waals surface area contributed by atoms with Crippen LogP contribution in [0.1, 0.15) is 51.2 Å². The van der Waals surface area contributed by atoms with Crippen molar-refractivity contribution in [1.82, 2.24) is 19.8 Å². The van der Waals surface area contributed by atoms with E-state index in [9.17, 15) is 10.1 Å². The highest BCUT2D eigenvalue weighted by Gasteiger charge is 2.36. The first kappa shape index (κ1) is 30.9. The van der Waals surface area contributed by atoms with E-state index in [4.69, 9.17) is 35.8 Å². The minimum atomic E-state index is -0.632. The van der Waals surface area contributed by atoms with Crippen molar-refractivity contribution in [3.8, 4) is 18.0 Å². The standard InChI is InChI=1S/C34H39ClN6O4/c1-34(2,3)45-33(42)41-19-18-40(20-23(41)15-16-36)30-26-13-14-28(25-11-5-8-22-9-6-12-27(35)29(22)25)44-31(26)38-32(37-30)43-21-24-10-7-17-39(24)4/h5-6,8-9,11-12,14,23-24H,7,10,13,15,17-21H2,1-4H3/t23-,24-/m0/s1. The number of nitriles is 1. The Bertz CT molecular complexity index is 1660. The first-order chi connectivity index (χ1) is 21.6. The molecule has 1 aromatic heterocycles. The van der Waals surface area contributed by atoms with Crippen LogP contribution in [-0.4, -0.2) is 83.4 Å². The highest BCUT2D eigenvalue weighted by Crippen LogP contribution is 2.39. The number of piperazine rings is 1. The number of nitrogens with zero attached hydrogens (tertiary/aromatic N) is 6. The van der Waals surface area contributed by atoms with E-state index in [1.54, 1.807) is 4.90 Å². The number of aromatic nitrogens is 2. The number of likely N-dealkylation sites (tertiary alicyclic amines) is 1. The Morgan fingerprint density at radius 2 is 1.93 bits per heavy atom. The van der Waals surface area contributed by atoms with Gasteiger partial charge in [0.2, 0.25) is 5.88 Å². The van der Waals surface area contributed by atoms with Gasteiger partial charge in [0.25, 0.3) is 0 Å². The van der Waals surface area contributed by atoms with Gasteiger partial charge in [-0.3, -0.25) is 0 Å².